The van der Waals surface area contributed by atoms with Gasteiger partial charge < -0.3 is 5.41 Å². The van der Waals surface area contributed by atoms with E-state index in [4.69, 9.17) is 5.41 Å². The molecule has 0 heterocycles. The number of hydrogen-bond acceptors (Lipinski definition) is 1. The smallest absolute Gasteiger partial charge is 0.0282 e. The van der Waals surface area contributed by atoms with Crippen LogP contribution in [-0.2, 0) is 0 Å². The van der Waals surface area contributed by atoms with E-state index in [1.54, 1.807) is 6.92 Å². The Balaban J connectivity index is 3.69. The molecule has 0 aliphatic heterocycles. The standard InChI is InChI=1S/C8H15N/c1-4-5-7(2)6-8(3)9/h6,9H,4-5H2,1-3H3/b7-6-,9-8?. The minimum absolute atomic E-state index is 0.654. The molecule has 0 radical (unpaired) electrons. The number of allylic oxidation sites excluding steroid dienone is 2. The fourth-order valence-corrected chi connectivity index (χ4v) is 0.836. The molecule has 1 heteroatoms. The van der Waals surface area contributed by atoms with Gasteiger partial charge in [-0.1, -0.05) is 18.9 Å². The quantitative estimate of drug-likeness (QED) is 0.561. The summed E-state index contributed by atoms with van der Waals surface area (Å²) in [5, 5.41) is 7.13. The van der Waals surface area contributed by atoms with Gasteiger partial charge in [0.25, 0.3) is 0 Å². The molecule has 0 saturated heterocycles. The maximum Gasteiger partial charge on any atom is 0.0282 e. The van der Waals surface area contributed by atoms with Crippen LogP contribution in [0.15, 0.2) is 11.6 Å². The van der Waals surface area contributed by atoms with Crippen molar-refractivity contribution in [1.82, 2.24) is 0 Å². The summed E-state index contributed by atoms with van der Waals surface area (Å²) in [6.45, 7) is 6.03. The first-order valence-corrected chi connectivity index (χ1v) is 3.39. The molecule has 0 amide bonds. The first kappa shape index (κ1) is 8.41. The fourth-order valence-electron chi connectivity index (χ4n) is 0.836. The average molecular weight is 125 g/mol. The third-order valence-corrected chi connectivity index (χ3v) is 1.11. The zero-order chi connectivity index (χ0) is 7.28. The van der Waals surface area contributed by atoms with Crippen molar-refractivity contribution in [2.24, 2.45) is 0 Å². The molecule has 0 aromatic heterocycles. The second kappa shape index (κ2) is 4.30. The van der Waals surface area contributed by atoms with Crippen LogP contribution >= 0.6 is 0 Å². The summed E-state index contributed by atoms with van der Waals surface area (Å²) in [5.41, 5.74) is 1.96. The highest BCUT2D eigenvalue weighted by atomic mass is 14.4. The third kappa shape index (κ3) is 5.28. The third-order valence-electron chi connectivity index (χ3n) is 1.11. The molecular formula is C8H15N. The molecular weight excluding hydrogens is 110 g/mol. The van der Waals surface area contributed by atoms with E-state index in [0.29, 0.717) is 5.71 Å². The van der Waals surface area contributed by atoms with Crippen molar-refractivity contribution < 1.29 is 0 Å². The summed E-state index contributed by atoms with van der Waals surface area (Å²) in [6.07, 6.45) is 4.22. The van der Waals surface area contributed by atoms with Crippen LogP contribution in [0.25, 0.3) is 0 Å². The Hall–Kier alpha value is -0.590. The summed E-state index contributed by atoms with van der Waals surface area (Å²) in [6, 6.07) is 0. The zero-order valence-electron chi connectivity index (χ0n) is 6.49. The molecule has 0 aliphatic carbocycles. The molecule has 1 nitrogen and oxygen atoms in total. The molecule has 52 valence electrons. The van der Waals surface area contributed by atoms with E-state index in [1.807, 2.05) is 6.08 Å². The van der Waals surface area contributed by atoms with Crippen LogP contribution in [0, 0.1) is 5.41 Å². The molecule has 0 rings (SSSR count). The molecule has 0 spiro atoms. The summed E-state index contributed by atoms with van der Waals surface area (Å²) >= 11 is 0. The minimum Gasteiger partial charge on any atom is -0.306 e. The fraction of sp³-hybridized carbons (Fsp3) is 0.625. The lowest BCUT2D eigenvalue weighted by molar-refractivity contribution is 0.906. The van der Waals surface area contributed by atoms with Crippen LogP contribution < -0.4 is 0 Å². The number of rotatable bonds is 3. The van der Waals surface area contributed by atoms with Gasteiger partial charge in [-0.2, -0.15) is 0 Å². The Morgan fingerprint density at radius 2 is 2.00 bits per heavy atom. The van der Waals surface area contributed by atoms with Gasteiger partial charge in [-0.25, -0.2) is 0 Å². The first-order chi connectivity index (χ1) is 4.16. The van der Waals surface area contributed by atoms with Crippen LogP contribution in [0.5, 0.6) is 0 Å². The van der Waals surface area contributed by atoms with E-state index in [2.05, 4.69) is 13.8 Å². The molecule has 0 aliphatic rings. The van der Waals surface area contributed by atoms with E-state index in [-0.39, 0.29) is 0 Å². The van der Waals surface area contributed by atoms with Gasteiger partial charge in [0.2, 0.25) is 0 Å². The van der Waals surface area contributed by atoms with Gasteiger partial charge in [-0.3, -0.25) is 0 Å². The van der Waals surface area contributed by atoms with Crippen molar-refractivity contribution in [1.29, 1.82) is 5.41 Å². The van der Waals surface area contributed by atoms with Crippen molar-refractivity contribution in [3.05, 3.63) is 11.6 Å². The van der Waals surface area contributed by atoms with Crippen molar-refractivity contribution >= 4 is 5.71 Å². The van der Waals surface area contributed by atoms with Gasteiger partial charge in [0.15, 0.2) is 0 Å². The van der Waals surface area contributed by atoms with E-state index >= 15 is 0 Å². The Morgan fingerprint density at radius 1 is 1.44 bits per heavy atom. The maximum absolute atomic E-state index is 7.13. The highest BCUT2D eigenvalue weighted by Gasteiger charge is 1.85. The van der Waals surface area contributed by atoms with E-state index in [1.165, 1.54) is 12.0 Å². The summed E-state index contributed by atoms with van der Waals surface area (Å²) in [7, 11) is 0. The van der Waals surface area contributed by atoms with Gasteiger partial charge in [0.05, 0.1) is 0 Å². The van der Waals surface area contributed by atoms with Gasteiger partial charge in [0.1, 0.15) is 0 Å². The Kier molecular flexibility index (Phi) is 4.02. The van der Waals surface area contributed by atoms with Crippen molar-refractivity contribution in [3.63, 3.8) is 0 Å². The van der Waals surface area contributed by atoms with Crippen molar-refractivity contribution in [2.75, 3.05) is 0 Å². The second-order valence-corrected chi connectivity index (χ2v) is 2.42. The molecule has 0 unspecified atom stereocenters. The van der Waals surface area contributed by atoms with E-state index in [9.17, 15) is 0 Å². The van der Waals surface area contributed by atoms with Gasteiger partial charge in [-0.05, 0) is 26.3 Å². The van der Waals surface area contributed by atoms with Crippen molar-refractivity contribution in [2.45, 2.75) is 33.6 Å². The predicted octanol–water partition coefficient (Wildman–Crippen LogP) is 2.77. The topological polar surface area (TPSA) is 23.9 Å². The molecule has 0 saturated carbocycles. The monoisotopic (exact) mass is 125 g/mol. The van der Waals surface area contributed by atoms with Gasteiger partial charge in [0, 0.05) is 5.71 Å². The molecule has 1 N–H and O–H groups in total. The lowest BCUT2D eigenvalue weighted by Gasteiger charge is -1.94. The summed E-state index contributed by atoms with van der Waals surface area (Å²) < 4.78 is 0. The summed E-state index contributed by atoms with van der Waals surface area (Å²) in [5.74, 6) is 0. The van der Waals surface area contributed by atoms with Crippen LogP contribution in [0.4, 0.5) is 0 Å². The number of nitrogens with one attached hydrogen (secondary N) is 1. The lowest BCUT2D eigenvalue weighted by atomic mass is 10.1. The predicted molar refractivity (Wildman–Crippen MR) is 42.1 cm³/mol. The average Bonchev–Trinajstić information content (AvgIpc) is 1.63. The van der Waals surface area contributed by atoms with Crippen LogP contribution in [0.3, 0.4) is 0 Å². The van der Waals surface area contributed by atoms with Crippen molar-refractivity contribution in [3.8, 4) is 0 Å². The second-order valence-electron chi connectivity index (χ2n) is 2.42. The Labute approximate surface area is 57.3 Å². The van der Waals surface area contributed by atoms with Crippen LogP contribution in [0.2, 0.25) is 0 Å². The molecule has 0 fully saturated rings. The number of hydrogen-bond donors (Lipinski definition) is 1. The van der Waals surface area contributed by atoms with Crippen LogP contribution in [0.1, 0.15) is 33.6 Å². The summed E-state index contributed by atoms with van der Waals surface area (Å²) in [4.78, 5) is 0. The lowest BCUT2D eigenvalue weighted by Crippen LogP contribution is -1.83. The normalized spacial score (nSPS) is 11.7. The van der Waals surface area contributed by atoms with E-state index < -0.39 is 0 Å². The molecule has 0 bridgehead atoms. The molecule has 0 aromatic rings. The first-order valence-electron chi connectivity index (χ1n) is 3.39. The Morgan fingerprint density at radius 3 is 2.33 bits per heavy atom. The SMILES string of the molecule is CCC/C(C)=C\C(C)=N. The molecule has 0 aromatic carbocycles. The Bertz CT molecular complexity index is 123. The maximum atomic E-state index is 7.13. The van der Waals surface area contributed by atoms with Gasteiger partial charge in [-0.15, -0.1) is 0 Å². The minimum atomic E-state index is 0.654. The molecule has 0 atom stereocenters. The largest absolute Gasteiger partial charge is 0.306 e. The van der Waals surface area contributed by atoms with Crippen LogP contribution in [-0.4, -0.2) is 5.71 Å². The molecule has 9 heavy (non-hydrogen) atoms. The van der Waals surface area contributed by atoms with E-state index in [0.717, 1.165) is 6.42 Å². The highest BCUT2D eigenvalue weighted by molar-refractivity contribution is 5.90. The highest BCUT2D eigenvalue weighted by Crippen LogP contribution is 2.01. The van der Waals surface area contributed by atoms with Gasteiger partial charge >= 0.3 is 0 Å². The zero-order valence-corrected chi connectivity index (χ0v) is 6.49.